The molecule has 6 heteroatoms. The quantitative estimate of drug-likeness (QED) is 0.593. The lowest BCUT2D eigenvalue weighted by atomic mass is 10.1. The Labute approximate surface area is 124 Å². The number of methoxy groups -OCH3 is 1. The molecule has 2 aromatic heterocycles. The van der Waals surface area contributed by atoms with Gasteiger partial charge in [0.25, 0.3) is 0 Å². The first-order valence-corrected chi connectivity index (χ1v) is 7.66. The minimum Gasteiger partial charge on any atom is -0.479 e. The molecule has 0 saturated heterocycles. The molecular formula is C14H22N4OS. The van der Waals surface area contributed by atoms with E-state index in [0.29, 0.717) is 10.7 Å². The van der Waals surface area contributed by atoms with Crippen LogP contribution in [0.15, 0.2) is 6.33 Å². The van der Waals surface area contributed by atoms with Gasteiger partial charge in [0.2, 0.25) is 5.88 Å². The van der Waals surface area contributed by atoms with Gasteiger partial charge in [0.1, 0.15) is 11.8 Å². The van der Waals surface area contributed by atoms with Gasteiger partial charge in [-0.25, -0.2) is 4.98 Å². The molecule has 110 valence electrons. The van der Waals surface area contributed by atoms with E-state index >= 15 is 0 Å². The van der Waals surface area contributed by atoms with Gasteiger partial charge < -0.3 is 14.3 Å². The molecule has 0 aromatic carbocycles. The zero-order chi connectivity index (χ0) is 14.4. The van der Waals surface area contributed by atoms with Crippen molar-refractivity contribution < 1.29 is 4.74 Å². The number of aromatic amines is 1. The van der Waals surface area contributed by atoms with E-state index in [0.717, 1.165) is 24.1 Å². The van der Waals surface area contributed by atoms with E-state index in [-0.39, 0.29) is 0 Å². The third-order valence-electron chi connectivity index (χ3n) is 3.45. The molecule has 1 N–H and O–H groups in total. The molecule has 0 saturated carbocycles. The predicted molar refractivity (Wildman–Crippen MR) is 82.6 cm³/mol. The largest absolute Gasteiger partial charge is 0.479 e. The van der Waals surface area contributed by atoms with Crippen molar-refractivity contribution in [1.82, 2.24) is 19.5 Å². The smallest absolute Gasteiger partial charge is 0.242 e. The van der Waals surface area contributed by atoms with Crippen molar-refractivity contribution in [3.05, 3.63) is 11.1 Å². The van der Waals surface area contributed by atoms with Gasteiger partial charge in [0.05, 0.1) is 7.11 Å². The molecule has 2 rings (SSSR count). The van der Waals surface area contributed by atoms with Crippen molar-refractivity contribution in [2.24, 2.45) is 0 Å². The molecule has 20 heavy (non-hydrogen) atoms. The van der Waals surface area contributed by atoms with E-state index in [1.54, 1.807) is 7.11 Å². The summed E-state index contributed by atoms with van der Waals surface area (Å²) in [6.45, 7) is 3.13. The summed E-state index contributed by atoms with van der Waals surface area (Å²) in [5.41, 5.74) is 1.61. The number of nitrogens with zero attached hydrogens (tertiary/aromatic N) is 3. The van der Waals surface area contributed by atoms with Crippen LogP contribution < -0.4 is 4.74 Å². The van der Waals surface area contributed by atoms with E-state index in [2.05, 4.69) is 21.9 Å². The van der Waals surface area contributed by atoms with Crippen LogP contribution in [0.1, 0.15) is 45.4 Å². The average molecular weight is 294 g/mol. The van der Waals surface area contributed by atoms with Crippen LogP contribution in [-0.4, -0.2) is 26.6 Å². The van der Waals surface area contributed by atoms with Gasteiger partial charge in [-0.2, -0.15) is 4.98 Å². The highest BCUT2D eigenvalue weighted by atomic mass is 32.1. The van der Waals surface area contributed by atoms with Crippen LogP contribution in [0.2, 0.25) is 0 Å². The first kappa shape index (κ1) is 15.0. The summed E-state index contributed by atoms with van der Waals surface area (Å²) in [7, 11) is 1.60. The van der Waals surface area contributed by atoms with Crippen molar-refractivity contribution in [3.63, 3.8) is 0 Å². The lowest BCUT2D eigenvalue weighted by Crippen LogP contribution is -2.00. The van der Waals surface area contributed by atoms with Crippen molar-refractivity contribution >= 4 is 23.4 Å². The van der Waals surface area contributed by atoms with E-state index in [1.807, 2.05) is 4.57 Å². The van der Waals surface area contributed by atoms with Gasteiger partial charge in [0.15, 0.2) is 10.4 Å². The Morgan fingerprint density at radius 1 is 1.20 bits per heavy atom. The molecule has 0 radical (unpaired) electrons. The first-order chi connectivity index (χ1) is 9.77. The Morgan fingerprint density at radius 3 is 2.70 bits per heavy atom. The second kappa shape index (κ2) is 7.38. The van der Waals surface area contributed by atoms with Crippen LogP contribution in [-0.2, 0) is 6.54 Å². The summed E-state index contributed by atoms with van der Waals surface area (Å²) < 4.78 is 7.95. The highest BCUT2D eigenvalue weighted by Crippen LogP contribution is 2.20. The minimum atomic E-state index is 0.544. The monoisotopic (exact) mass is 294 g/mol. The summed E-state index contributed by atoms with van der Waals surface area (Å²) in [5.74, 6) is 0.544. The SMILES string of the molecule is CCCCCCCCn1c(=S)[nH]c2c(OC)ncnc21. The van der Waals surface area contributed by atoms with Crippen LogP contribution in [0.3, 0.4) is 0 Å². The van der Waals surface area contributed by atoms with Gasteiger partial charge in [-0.15, -0.1) is 0 Å². The van der Waals surface area contributed by atoms with Crippen LogP contribution in [0.5, 0.6) is 5.88 Å². The van der Waals surface area contributed by atoms with Gasteiger partial charge in [-0.1, -0.05) is 39.0 Å². The van der Waals surface area contributed by atoms with Crippen LogP contribution in [0, 0.1) is 4.77 Å². The Hall–Kier alpha value is -1.43. The van der Waals surface area contributed by atoms with Gasteiger partial charge in [-0.05, 0) is 18.6 Å². The van der Waals surface area contributed by atoms with Gasteiger partial charge in [-0.3, -0.25) is 0 Å². The topological polar surface area (TPSA) is 55.7 Å². The van der Waals surface area contributed by atoms with E-state index in [1.165, 1.54) is 38.4 Å². The molecule has 0 spiro atoms. The molecule has 0 atom stereocenters. The Balaban J connectivity index is 2.03. The van der Waals surface area contributed by atoms with E-state index in [9.17, 15) is 0 Å². The summed E-state index contributed by atoms with van der Waals surface area (Å²) >= 11 is 5.36. The summed E-state index contributed by atoms with van der Waals surface area (Å²) in [4.78, 5) is 11.5. The fraction of sp³-hybridized carbons (Fsp3) is 0.643. The summed E-state index contributed by atoms with van der Waals surface area (Å²) in [6, 6.07) is 0. The molecule has 0 bridgehead atoms. The van der Waals surface area contributed by atoms with Crippen molar-refractivity contribution in [2.75, 3.05) is 7.11 Å². The molecule has 0 aliphatic carbocycles. The Bertz CT molecular complexity index is 605. The number of aryl methyl sites for hydroxylation is 1. The zero-order valence-electron chi connectivity index (χ0n) is 12.2. The number of H-pyrrole nitrogens is 1. The molecule has 2 aromatic rings. The maximum atomic E-state index is 5.36. The second-order valence-corrected chi connectivity index (χ2v) is 5.32. The summed E-state index contributed by atoms with van der Waals surface area (Å²) in [6.07, 6.45) is 9.10. The molecule has 2 heterocycles. The number of aromatic nitrogens is 4. The number of imidazole rings is 1. The number of nitrogens with one attached hydrogen (secondary N) is 1. The minimum absolute atomic E-state index is 0.544. The number of hydrogen-bond donors (Lipinski definition) is 1. The maximum Gasteiger partial charge on any atom is 0.242 e. The summed E-state index contributed by atoms with van der Waals surface area (Å²) in [5, 5.41) is 0. The number of unbranched alkanes of at least 4 members (excludes halogenated alkanes) is 5. The molecule has 5 nitrogen and oxygen atoms in total. The first-order valence-electron chi connectivity index (χ1n) is 7.25. The molecule has 0 amide bonds. The predicted octanol–water partition coefficient (Wildman–Crippen LogP) is 3.86. The lowest BCUT2D eigenvalue weighted by Gasteiger charge is -2.04. The van der Waals surface area contributed by atoms with Crippen molar-refractivity contribution in [2.45, 2.75) is 52.0 Å². The Kier molecular flexibility index (Phi) is 5.52. The third-order valence-corrected chi connectivity index (χ3v) is 3.78. The molecule has 0 aliphatic rings. The standard InChI is InChI=1S/C14H22N4OS/c1-3-4-5-6-7-8-9-18-12-11(17-14(18)20)13(19-2)16-10-15-12/h10H,3-9H2,1-2H3,(H,17,20). The Morgan fingerprint density at radius 2 is 1.95 bits per heavy atom. The lowest BCUT2D eigenvalue weighted by molar-refractivity contribution is 0.401. The maximum absolute atomic E-state index is 5.36. The van der Waals surface area contributed by atoms with E-state index in [4.69, 9.17) is 17.0 Å². The highest BCUT2D eigenvalue weighted by molar-refractivity contribution is 7.71. The normalized spacial score (nSPS) is 11.1. The zero-order valence-corrected chi connectivity index (χ0v) is 13.0. The number of rotatable bonds is 8. The fourth-order valence-electron chi connectivity index (χ4n) is 2.36. The van der Waals surface area contributed by atoms with Crippen LogP contribution >= 0.6 is 12.2 Å². The fourth-order valence-corrected chi connectivity index (χ4v) is 2.64. The van der Waals surface area contributed by atoms with E-state index < -0.39 is 0 Å². The van der Waals surface area contributed by atoms with Gasteiger partial charge >= 0.3 is 0 Å². The van der Waals surface area contributed by atoms with Crippen LogP contribution in [0.4, 0.5) is 0 Å². The molecule has 0 aliphatic heterocycles. The van der Waals surface area contributed by atoms with Crippen LogP contribution in [0.25, 0.3) is 11.2 Å². The second-order valence-electron chi connectivity index (χ2n) is 4.93. The van der Waals surface area contributed by atoms with Gasteiger partial charge in [0, 0.05) is 6.54 Å². The molecule has 0 unspecified atom stereocenters. The van der Waals surface area contributed by atoms with Crippen molar-refractivity contribution in [1.29, 1.82) is 0 Å². The molecular weight excluding hydrogens is 272 g/mol. The van der Waals surface area contributed by atoms with Crippen molar-refractivity contribution in [3.8, 4) is 5.88 Å². The average Bonchev–Trinajstić information content (AvgIpc) is 2.78. The molecule has 0 fully saturated rings. The number of ether oxygens (including phenoxy) is 1. The third kappa shape index (κ3) is 3.36. The number of fused-ring (bicyclic) bond motifs is 1. The highest BCUT2D eigenvalue weighted by Gasteiger charge is 2.10. The number of hydrogen-bond acceptors (Lipinski definition) is 4.